The smallest absolute Gasteiger partial charge is 0.269 e. The number of aromatic nitrogens is 1. The van der Waals surface area contributed by atoms with Crippen molar-refractivity contribution in [2.24, 2.45) is 0 Å². The van der Waals surface area contributed by atoms with E-state index in [1.165, 1.54) is 16.7 Å². The van der Waals surface area contributed by atoms with E-state index in [0.29, 0.717) is 14.8 Å². The highest BCUT2D eigenvalue weighted by Crippen LogP contribution is 2.15. The Balaban J connectivity index is 2.18. The lowest BCUT2D eigenvalue weighted by molar-refractivity contribution is 0.626. The van der Waals surface area contributed by atoms with Crippen molar-refractivity contribution in [1.82, 2.24) is 4.57 Å². The summed E-state index contributed by atoms with van der Waals surface area (Å²) in [7, 11) is 0. The number of benzene rings is 2. The molecule has 0 bridgehead atoms. The van der Waals surface area contributed by atoms with Crippen molar-refractivity contribution in [1.29, 1.82) is 10.5 Å². The van der Waals surface area contributed by atoms with Crippen LogP contribution in [0.2, 0.25) is 0 Å². The van der Waals surface area contributed by atoms with Gasteiger partial charge in [0.1, 0.15) is 22.6 Å². The highest BCUT2D eigenvalue weighted by molar-refractivity contribution is 7.98. The Morgan fingerprint density at radius 3 is 2.36 bits per heavy atom. The minimum Gasteiger partial charge on any atom is -0.293 e. The second-order valence-electron chi connectivity index (χ2n) is 5.81. The summed E-state index contributed by atoms with van der Waals surface area (Å²) in [6.45, 7) is 0.150. The molecule has 0 fully saturated rings. The fourth-order valence-electron chi connectivity index (χ4n) is 2.59. The van der Waals surface area contributed by atoms with Crippen LogP contribution in [0.1, 0.15) is 11.1 Å². The van der Waals surface area contributed by atoms with Crippen LogP contribution in [-0.4, -0.2) is 10.8 Å². The van der Waals surface area contributed by atoms with Crippen molar-refractivity contribution in [3.8, 4) is 12.1 Å². The molecule has 2 aromatic carbocycles. The molecule has 0 aliphatic carbocycles. The zero-order valence-electron chi connectivity index (χ0n) is 14.8. The normalized spacial score (nSPS) is 11.1. The van der Waals surface area contributed by atoms with Crippen LogP contribution in [0.15, 0.2) is 58.2 Å². The number of nitriles is 2. The van der Waals surface area contributed by atoms with Gasteiger partial charge in [0, 0.05) is 4.90 Å². The third-order valence-corrected chi connectivity index (χ3v) is 5.89. The lowest BCUT2D eigenvalue weighted by atomic mass is 10.2. The number of nitrogens with zero attached hydrogens (tertiary/aromatic N) is 3. The molecular formula is C21H14FN3OS2. The summed E-state index contributed by atoms with van der Waals surface area (Å²) in [6, 6.07) is 17.2. The van der Waals surface area contributed by atoms with Crippen molar-refractivity contribution >= 4 is 34.7 Å². The SMILES string of the molecule is CSc1ccc(/C=c2\sc(=C(C#N)C#N)n(Cc3ccc(F)cc3)c2=O)cc1. The number of hydrogen-bond donors (Lipinski definition) is 0. The van der Waals surface area contributed by atoms with E-state index in [2.05, 4.69) is 0 Å². The summed E-state index contributed by atoms with van der Waals surface area (Å²) in [4.78, 5) is 14.1. The van der Waals surface area contributed by atoms with Crippen LogP contribution in [0, 0.1) is 28.5 Å². The molecule has 0 N–H and O–H groups in total. The minimum absolute atomic E-state index is 0.124. The second-order valence-corrected chi connectivity index (χ2v) is 7.72. The number of halogens is 1. The van der Waals surface area contributed by atoms with Crippen molar-refractivity contribution < 1.29 is 4.39 Å². The van der Waals surface area contributed by atoms with E-state index >= 15 is 0 Å². The monoisotopic (exact) mass is 407 g/mol. The van der Waals surface area contributed by atoms with Crippen LogP contribution in [0.4, 0.5) is 4.39 Å². The zero-order valence-corrected chi connectivity index (χ0v) is 16.5. The molecular weight excluding hydrogens is 393 g/mol. The average molecular weight is 407 g/mol. The minimum atomic E-state index is -0.370. The fraction of sp³-hybridized carbons (Fsp3) is 0.0952. The maximum absolute atomic E-state index is 13.2. The molecule has 0 spiro atoms. The summed E-state index contributed by atoms with van der Waals surface area (Å²) < 4.78 is 15.3. The van der Waals surface area contributed by atoms with Crippen LogP contribution >= 0.6 is 23.1 Å². The molecule has 0 amide bonds. The molecule has 28 heavy (non-hydrogen) atoms. The van der Waals surface area contributed by atoms with E-state index in [9.17, 15) is 19.7 Å². The van der Waals surface area contributed by atoms with E-state index in [1.807, 2.05) is 42.7 Å². The molecule has 0 atom stereocenters. The quantitative estimate of drug-likeness (QED) is 0.624. The van der Waals surface area contributed by atoms with Gasteiger partial charge in [-0.05, 0) is 47.7 Å². The summed E-state index contributed by atoms with van der Waals surface area (Å²) in [5.74, 6) is -0.370. The molecule has 4 nitrogen and oxygen atoms in total. The van der Waals surface area contributed by atoms with E-state index in [1.54, 1.807) is 30.0 Å². The Hall–Kier alpha value is -3.13. The maximum atomic E-state index is 13.2. The summed E-state index contributed by atoms with van der Waals surface area (Å²) in [6.07, 6.45) is 3.73. The first-order chi connectivity index (χ1) is 13.5. The van der Waals surface area contributed by atoms with Crippen LogP contribution < -0.4 is 14.8 Å². The molecule has 3 rings (SSSR count). The van der Waals surface area contributed by atoms with Crippen LogP contribution in [0.25, 0.3) is 11.6 Å². The van der Waals surface area contributed by atoms with E-state index in [0.717, 1.165) is 21.8 Å². The van der Waals surface area contributed by atoms with Gasteiger partial charge < -0.3 is 0 Å². The van der Waals surface area contributed by atoms with Gasteiger partial charge in [0.25, 0.3) is 5.56 Å². The Kier molecular flexibility index (Phi) is 6.10. The summed E-state index contributed by atoms with van der Waals surface area (Å²) in [5.41, 5.74) is 1.14. The van der Waals surface area contributed by atoms with E-state index in [4.69, 9.17) is 0 Å². The Morgan fingerprint density at radius 2 is 1.79 bits per heavy atom. The van der Waals surface area contributed by atoms with Gasteiger partial charge in [-0.2, -0.15) is 10.5 Å². The molecule has 138 valence electrons. The Labute approximate surface area is 169 Å². The third-order valence-electron chi connectivity index (χ3n) is 4.01. The lowest BCUT2D eigenvalue weighted by Crippen LogP contribution is -2.32. The number of thiazole rings is 1. The molecule has 3 aromatic rings. The standard InChI is InChI=1S/C21H14FN3OS2/c1-27-18-8-4-14(5-9-18)10-19-20(26)25(21(28-19)16(11-23)12-24)13-15-2-6-17(22)7-3-15/h2-10H,13H2,1H3/b19-10-. The zero-order chi connectivity index (χ0) is 20.1. The molecule has 1 heterocycles. The topological polar surface area (TPSA) is 69.6 Å². The van der Waals surface area contributed by atoms with Gasteiger partial charge in [-0.3, -0.25) is 9.36 Å². The molecule has 0 unspecified atom stereocenters. The first kappa shape index (κ1) is 19.6. The van der Waals surface area contributed by atoms with Gasteiger partial charge in [-0.25, -0.2) is 4.39 Å². The molecule has 1 aromatic heterocycles. The van der Waals surface area contributed by atoms with Crippen LogP contribution in [-0.2, 0) is 6.54 Å². The van der Waals surface area contributed by atoms with Crippen molar-refractivity contribution in [3.05, 3.63) is 85.0 Å². The second kappa shape index (κ2) is 8.71. The van der Waals surface area contributed by atoms with Crippen LogP contribution in [0.3, 0.4) is 0 Å². The van der Waals surface area contributed by atoms with Crippen molar-refractivity contribution in [2.75, 3.05) is 6.26 Å². The van der Waals surface area contributed by atoms with Crippen LogP contribution in [0.5, 0.6) is 0 Å². The Morgan fingerprint density at radius 1 is 1.14 bits per heavy atom. The lowest BCUT2D eigenvalue weighted by Gasteiger charge is -2.02. The molecule has 0 aliphatic rings. The highest BCUT2D eigenvalue weighted by Gasteiger charge is 2.10. The first-order valence-electron chi connectivity index (χ1n) is 8.20. The highest BCUT2D eigenvalue weighted by atomic mass is 32.2. The van der Waals surface area contributed by atoms with Gasteiger partial charge in [0.05, 0.1) is 11.1 Å². The largest absolute Gasteiger partial charge is 0.293 e. The molecule has 7 heteroatoms. The van der Waals surface area contributed by atoms with Gasteiger partial charge in [-0.1, -0.05) is 24.3 Å². The van der Waals surface area contributed by atoms with Gasteiger partial charge in [0.2, 0.25) is 0 Å². The van der Waals surface area contributed by atoms with Crippen molar-refractivity contribution in [2.45, 2.75) is 11.4 Å². The number of rotatable bonds is 4. The van der Waals surface area contributed by atoms with E-state index in [-0.39, 0.29) is 23.5 Å². The number of thioether (sulfide) groups is 1. The molecule has 0 radical (unpaired) electrons. The predicted molar refractivity (Wildman–Crippen MR) is 110 cm³/mol. The maximum Gasteiger partial charge on any atom is 0.269 e. The summed E-state index contributed by atoms with van der Waals surface area (Å²) >= 11 is 2.73. The molecule has 0 saturated heterocycles. The summed E-state index contributed by atoms with van der Waals surface area (Å²) in [5, 5.41) is 18.5. The van der Waals surface area contributed by atoms with Gasteiger partial charge in [-0.15, -0.1) is 23.1 Å². The number of hydrogen-bond acceptors (Lipinski definition) is 5. The molecule has 0 saturated carbocycles. The van der Waals surface area contributed by atoms with E-state index < -0.39 is 0 Å². The van der Waals surface area contributed by atoms with Gasteiger partial charge >= 0.3 is 0 Å². The Bertz CT molecular complexity index is 1240. The van der Waals surface area contributed by atoms with Gasteiger partial charge in [0.15, 0.2) is 5.57 Å². The van der Waals surface area contributed by atoms with Crippen molar-refractivity contribution in [3.63, 3.8) is 0 Å². The first-order valence-corrected chi connectivity index (χ1v) is 10.2. The average Bonchev–Trinajstić information content (AvgIpc) is 3.01. The molecule has 0 aliphatic heterocycles. The third kappa shape index (κ3) is 4.23. The fourth-order valence-corrected chi connectivity index (χ4v) is 4.05. The predicted octanol–water partition coefficient (Wildman–Crippen LogP) is 2.85.